The van der Waals surface area contributed by atoms with Crippen molar-refractivity contribution in [1.82, 2.24) is 4.57 Å². The Bertz CT molecular complexity index is 4270. The smallest absolute Gasteiger partial charge is 0.143 e. The van der Waals surface area contributed by atoms with Gasteiger partial charge in [-0.25, -0.2) is 0 Å². The maximum Gasteiger partial charge on any atom is 0.143 e. The molecule has 14 aromatic rings. The van der Waals surface area contributed by atoms with Gasteiger partial charge in [0.1, 0.15) is 11.2 Å². The predicted octanol–water partition coefficient (Wildman–Crippen LogP) is 18.6. The van der Waals surface area contributed by atoms with E-state index < -0.39 is 0 Å². The molecular formula is C66H42N2O. The lowest BCUT2D eigenvalue weighted by Crippen LogP contribution is -2.11. The number of nitrogens with zero attached hydrogens (tertiary/aromatic N) is 2. The van der Waals surface area contributed by atoms with Crippen LogP contribution in [0.4, 0.5) is 17.1 Å². The molecule has 3 nitrogen and oxygen atoms in total. The highest BCUT2D eigenvalue weighted by molar-refractivity contribution is 6.20. The molecule has 0 spiro atoms. The molecule has 0 aliphatic carbocycles. The standard InChI is InChI=1S/C66H42N2O/c1-3-20-53-44(14-1)30-31-49-40-48(35-38-54(49)53)47-17-12-18-51(42-47)67(61-26-8-7-24-58(61)59-25-13-29-64-65(59)60-39-34-45-15-2-4-21-55(45)66(60)69-64)50-36-32-43(33-37-50)46-16-11-19-52(41-46)68-62-27-9-5-22-56(62)57-23-6-10-28-63(57)68/h1-42H. The van der Waals surface area contributed by atoms with Crippen molar-refractivity contribution in [3.05, 3.63) is 255 Å². The first-order valence-electron chi connectivity index (χ1n) is 23.7. The molecule has 69 heavy (non-hydrogen) atoms. The van der Waals surface area contributed by atoms with E-state index in [9.17, 15) is 0 Å². The van der Waals surface area contributed by atoms with Gasteiger partial charge in [0.15, 0.2) is 0 Å². The Morgan fingerprint density at radius 3 is 1.70 bits per heavy atom. The number of hydrogen-bond acceptors (Lipinski definition) is 2. The largest absolute Gasteiger partial charge is 0.455 e. The van der Waals surface area contributed by atoms with E-state index in [1.807, 2.05) is 0 Å². The van der Waals surface area contributed by atoms with Crippen molar-refractivity contribution in [1.29, 1.82) is 0 Å². The zero-order valence-corrected chi connectivity index (χ0v) is 37.6. The minimum Gasteiger partial charge on any atom is -0.455 e. The molecule has 0 aliphatic heterocycles. The average Bonchev–Trinajstić information content (AvgIpc) is 3.98. The SMILES string of the molecule is c1cc(-c2ccc3c(ccc4ccccc43)c2)cc(N(c2ccc(-c3cccc(-n4c5ccccc5c5ccccc54)c3)cc2)c2ccccc2-c2cccc3oc4c5ccccc5ccc4c23)c1. The predicted molar refractivity (Wildman–Crippen MR) is 292 cm³/mol. The van der Waals surface area contributed by atoms with Crippen LogP contribution in [0, 0.1) is 0 Å². The van der Waals surface area contributed by atoms with Gasteiger partial charge in [-0.2, -0.15) is 0 Å². The summed E-state index contributed by atoms with van der Waals surface area (Å²) in [4.78, 5) is 2.42. The van der Waals surface area contributed by atoms with E-state index in [1.54, 1.807) is 0 Å². The number of fused-ring (bicyclic) bond motifs is 11. The van der Waals surface area contributed by atoms with Crippen molar-refractivity contribution < 1.29 is 4.42 Å². The average molecular weight is 879 g/mol. The molecule has 0 radical (unpaired) electrons. The molecule has 0 atom stereocenters. The van der Waals surface area contributed by atoms with Gasteiger partial charge in [-0.05, 0) is 128 Å². The molecular weight excluding hydrogens is 837 g/mol. The second-order valence-corrected chi connectivity index (χ2v) is 18.0. The number of para-hydroxylation sites is 3. The van der Waals surface area contributed by atoms with Gasteiger partial charge in [-0.3, -0.25) is 0 Å². The molecule has 3 heteroatoms. The van der Waals surface area contributed by atoms with Crippen LogP contribution in [0.2, 0.25) is 0 Å². The van der Waals surface area contributed by atoms with Crippen LogP contribution in [-0.2, 0) is 0 Å². The van der Waals surface area contributed by atoms with Gasteiger partial charge in [-0.1, -0.05) is 182 Å². The summed E-state index contributed by atoms with van der Waals surface area (Å²) >= 11 is 0. The number of anilines is 3. The molecule has 2 heterocycles. The minimum absolute atomic E-state index is 0.874. The number of hydrogen-bond donors (Lipinski definition) is 0. The first-order chi connectivity index (χ1) is 34.2. The third-order valence-electron chi connectivity index (χ3n) is 14.1. The van der Waals surface area contributed by atoms with E-state index in [0.717, 1.165) is 77.9 Å². The summed E-state index contributed by atoms with van der Waals surface area (Å²) in [6.07, 6.45) is 0. The first kappa shape index (κ1) is 39.0. The van der Waals surface area contributed by atoms with E-state index in [0.29, 0.717) is 0 Å². The first-order valence-corrected chi connectivity index (χ1v) is 23.7. The molecule has 0 amide bonds. The fourth-order valence-electron chi connectivity index (χ4n) is 10.9. The minimum atomic E-state index is 0.874. The molecule has 12 aromatic carbocycles. The van der Waals surface area contributed by atoms with E-state index in [2.05, 4.69) is 264 Å². The van der Waals surface area contributed by atoms with Crippen LogP contribution >= 0.6 is 0 Å². The summed E-state index contributed by atoms with van der Waals surface area (Å²) in [5.74, 6) is 0. The van der Waals surface area contributed by atoms with Crippen molar-refractivity contribution in [3.63, 3.8) is 0 Å². The molecule has 322 valence electrons. The van der Waals surface area contributed by atoms with E-state index in [1.165, 1.54) is 54.3 Å². The lowest BCUT2D eigenvalue weighted by Gasteiger charge is -2.28. The molecule has 14 rings (SSSR count). The van der Waals surface area contributed by atoms with Gasteiger partial charge < -0.3 is 13.9 Å². The van der Waals surface area contributed by atoms with Crippen molar-refractivity contribution in [2.45, 2.75) is 0 Å². The van der Waals surface area contributed by atoms with E-state index >= 15 is 0 Å². The Labute approximate surface area is 399 Å². The van der Waals surface area contributed by atoms with E-state index in [-0.39, 0.29) is 0 Å². The van der Waals surface area contributed by atoms with Crippen molar-refractivity contribution in [2.24, 2.45) is 0 Å². The lowest BCUT2D eigenvalue weighted by molar-refractivity contribution is 0.673. The maximum absolute atomic E-state index is 6.73. The van der Waals surface area contributed by atoms with Gasteiger partial charge in [0.2, 0.25) is 0 Å². The maximum atomic E-state index is 6.73. The van der Waals surface area contributed by atoms with Crippen LogP contribution < -0.4 is 4.90 Å². The van der Waals surface area contributed by atoms with Crippen LogP contribution in [0.15, 0.2) is 259 Å². The zero-order chi connectivity index (χ0) is 45.4. The summed E-state index contributed by atoms with van der Waals surface area (Å²) in [6.45, 7) is 0. The van der Waals surface area contributed by atoms with Gasteiger partial charge >= 0.3 is 0 Å². The molecule has 0 saturated heterocycles. The Kier molecular flexibility index (Phi) is 8.90. The number of benzene rings is 12. The van der Waals surface area contributed by atoms with Gasteiger partial charge in [-0.15, -0.1) is 0 Å². The Morgan fingerprint density at radius 2 is 0.884 bits per heavy atom. The third kappa shape index (κ3) is 6.36. The molecule has 0 N–H and O–H groups in total. The summed E-state index contributed by atoms with van der Waals surface area (Å²) < 4.78 is 9.12. The molecule has 0 saturated carbocycles. The van der Waals surface area contributed by atoms with Crippen molar-refractivity contribution in [3.8, 4) is 39.1 Å². The molecule has 0 unspecified atom stereocenters. The monoisotopic (exact) mass is 878 g/mol. The van der Waals surface area contributed by atoms with E-state index in [4.69, 9.17) is 4.42 Å². The highest BCUT2D eigenvalue weighted by Gasteiger charge is 2.22. The second-order valence-electron chi connectivity index (χ2n) is 18.0. The van der Waals surface area contributed by atoms with Crippen molar-refractivity contribution in [2.75, 3.05) is 4.90 Å². The number of rotatable bonds is 7. The van der Waals surface area contributed by atoms with Gasteiger partial charge in [0.05, 0.1) is 16.7 Å². The normalized spacial score (nSPS) is 11.8. The van der Waals surface area contributed by atoms with Crippen LogP contribution in [0.5, 0.6) is 0 Å². The third-order valence-corrected chi connectivity index (χ3v) is 14.1. The van der Waals surface area contributed by atoms with Crippen LogP contribution in [0.25, 0.3) is 115 Å². The topological polar surface area (TPSA) is 21.3 Å². The second kappa shape index (κ2) is 15.7. The van der Waals surface area contributed by atoms with Crippen molar-refractivity contribution >= 4 is 93.1 Å². The molecule has 2 aromatic heterocycles. The zero-order valence-electron chi connectivity index (χ0n) is 37.6. The molecule has 0 aliphatic rings. The van der Waals surface area contributed by atoms with Crippen LogP contribution in [-0.4, -0.2) is 4.57 Å². The lowest BCUT2D eigenvalue weighted by atomic mass is 9.95. The fourth-order valence-corrected chi connectivity index (χ4v) is 10.9. The molecule has 0 fully saturated rings. The summed E-state index contributed by atoms with van der Waals surface area (Å²) in [5.41, 5.74) is 15.4. The summed E-state index contributed by atoms with van der Waals surface area (Å²) in [6, 6.07) is 92.5. The summed E-state index contributed by atoms with van der Waals surface area (Å²) in [5, 5.41) is 12.0. The summed E-state index contributed by atoms with van der Waals surface area (Å²) in [7, 11) is 0. The quantitative estimate of drug-likeness (QED) is 0.149. The Balaban J connectivity index is 0.924. The number of furan rings is 1. The van der Waals surface area contributed by atoms with Crippen LogP contribution in [0.3, 0.4) is 0 Å². The fraction of sp³-hybridized carbons (Fsp3) is 0. The highest BCUT2D eigenvalue weighted by Crippen LogP contribution is 2.47. The Morgan fingerprint density at radius 1 is 0.319 bits per heavy atom. The van der Waals surface area contributed by atoms with Gasteiger partial charge in [0, 0.05) is 49.6 Å². The molecule has 0 bridgehead atoms. The Hall–Kier alpha value is -9.18. The number of aromatic nitrogens is 1. The highest BCUT2D eigenvalue weighted by atomic mass is 16.3. The van der Waals surface area contributed by atoms with Gasteiger partial charge in [0.25, 0.3) is 0 Å². The van der Waals surface area contributed by atoms with Crippen LogP contribution in [0.1, 0.15) is 0 Å².